The first-order valence-corrected chi connectivity index (χ1v) is 8.00. The predicted octanol–water partition coefficient (Wildman–Crippen LogP) is 5.59. The molecule has 0 aromatic carbocycles. The quantitative estimate of drug-likeness (QED) is 0.356. The van der Waals surface area contributed by atoms with Gasteiger partial charge in [0.2, 0.25) is 0 Å². The molecule has 0 saturated heterocycles. The molecule has 0 unspecified atom stereocenters. The molecule has 1 heteroatoms. The summed E-state index contributed by atoms with van der Waals surface area (Å²) in [7, 11) is 0. The second-order valence-electron chi connectivity index (χ2n) is 6.26. The maximum absolute atomic E-state index is 5.95. The molecule has 0 fully saturated rings. The molecule has 18 heavy (non-hydrogen) atoms. The molecule has 1 nitrogen and oxygen atoms in total. The molecule has 0 radical (unpaired) electrons. The first kappa shape index (κ1) is 17.7. The summed E-state index contributed by atoms with van der Waals surface area (Å²) >= 11 is 0. The Balaban J connectivity index is 3.13. The molecule has 108 valence electrons. The minimum Gasteiger partial charge on any atom is -0.326 e. The molecule has 0 bridgehead atoms. The molecular formula is C17H35N. The van der Waals surface area contributed by atoms with Crippen LogP contribution in [0.15, 0.2) is 12.2 Å². The number of hydrogen-bond acceptors (Lipinski definition) is 1. The van der Waals surface area contributed by atoms with Crippen molar-refractivity contribution in [3.05, 3.63) is 12.2 Å². The van der Waals surface area contributed by atoms with Crippen LogP contribution < -0.4 is 5.73 Å². The summed E-state index contributed by atoms with van der Waals surface area (Å²) in [4.78, 5) is 0. The standard InChI is InChI=1S/C17H35N/c1-4-5-6-7-8-9-10-11-12-13-14-15-16-17(2,3)18/h9-10H,4-8,11-16,18H2,1-3H3/b10-9+. The summed E-state index contributed by atoms with van der Waals surface area (Å²) in [5, 5.41) is 0. The number of rotatable bonds is 12. The van der Waals surface area contributed by atoms with Crippen LogP contribution in [0.25, 0.3) is 0 Å². The van der Waals surface area contributed by atoms with Crippen molar-refractivity contribution in [2.45, 2.75) is 96.9 Å². The van der Waals surface area contributed by atoms with Gasteiger partial charge in [-0.2, -0.15) is 0 Å². The molecule has 0 amide bonds. The number of nitrogens with two attached hydrogens (primary N) is 1. The Labute approximate surface area is 115 Å². The van der Waals surface area contributed by atoms with Gasteiger partial charge in [-0.05, 0) is 46.0 Å². The summed E-state index contributed by atoms with van der Waals surface area (Å²) < 4.78 is 0. The van der Waals surface area contributed by atoms with E-state index >= 15 is 0 Å². The third-order valence-corrected chi connectivity index (χ3v) is 3.33. The van der Waals surface area contributed by atoms with Gasteiger partial charge in [0, 0.05) is 5.54 Å². The highest BCUT2D eigenvalue weighted by atomic mass is 14.7. The number of hydrogen-bond donors (Lipinski definition) is 1. The zero-order chi connectivity index (χ0) is 13.7. The third-order valence-electron chi connectivity index (χ3n) is 3.33. The van der Waals surface area contributed by atoms with Crippen molar-refractivity contribution in [1.29, 1.82) is 0 Å². The van der Waals surface area contributed by atoms with Crippen LogP contribution in [0.1, 0.15) is 91.4 Å². The van der Waals surface area contributed by atoms with E-state index in [0.717, 1.165) is 6.42 Å². The van der Waals surface area contributed by atoms with Gasteiger partial charge in [-0.15, -0.1) is 0 Å². The Hall–Kier alpha value is -0.300. The Kier molecular flexibility index (Phi) is 11.6. The maximum atomic E-state index is 5.95. The van der Waals surface area contributed by atoms with Crippen LogP contribution in [0.3, 0.4) is 0 Å². The lowest BCUT2D eigenvalue weighted by Crippen LogP contribution is -2.31. The summed E-state index contributed by atoms with van der Waals surface area (Å²) in [6, 6.07) is 0. The molecule has 0 aromatic heterocycles. The summed E-state index contributed by atoms with van der Waals surface area (Å²) in [6.45, 7) is 6.50. The topological polar surface area (TPSA) is 26.0 Å². The van der Waals surface area contributed by atoms with E-state index < -0.39 is 0 Å². The van der Waals surface area contributed by atoms with Crippen LogP contribution in [0.5, 0.6) is 0 Å². The minimum absolute atomic E-state index is 0.0262. The van der Waals surface area contributed by atoms with Crippen molar-refractivity contribution >= 4 is 0 Å². The van der Waals surface area contributed by atoms with Crippen molar-refractivity contribution in [3.63, 3.8) is 0 Å². The largest absolute Gasteiger partial charge is 0.326 e. The van der Waals surface area contributed by atoms with Gasteiger partial charge in [0.05, 0.1) is 0 Å². The SMILES string of the molecule is CCCCCC/C=C/CCCCCCC(C)(C)N. The van der Waals surface area contributed by atoms with Crippen LogP contribution in [0.2, 0.25) is 0 Å². The fourth-order valence-electron chi connectivity index (χ4n) is 2.12. The average molecular weight is 253 g/mol. The lowest BCUT2D eigenvalue weighted by atomic mass is 9.97. The number of allylic oxidation sites excluding steroid dienone is 2. The van der Waals surface area contributed by atoms with E-state index in [4.69, 9.17) is 5.73 Å². The van der Waals surface area contributed by atoms with Gasteiger partial charge in [-0.1, -0.05) is 57.6 Å². The summed E-state index contributed by atoms with van der Waals surface area (Å²) in [5.74, 6) is 0. The molecule has 0 aliphatic carbocycles. The Bertz CT molecular complexity index is 188. The first-order chi connectivity index (χ1) is 8.56. The first-order valence-electron chi connectivity index (χ1n) is 8.00. The lowest BCUT2D eigenvalue weighted by molar-refractivity contribution is 0.443. The van der Waals surface area contributed by atoms with Crippen molar-refractivity contribution in [3.8, 4) is 0 Å². The molecule has 0 atom stereocenters. The highest BCUT2D eigenvalue weighted by molar-refractivity contribution is 4.81. The van der Waals surface area contributed by atoms with Gasteiger partial charge < -0.3 is 5.73 Å². The fraction of sp³-hybridized carbons (Fsp3) is 0.882. The normalized spacial score (nSPS) is 12.4. The molecule has 2 N–H and O–H groups in total. The van der Waals surface area contributed by atoms with E-state index in [2.05, 4.69) is 32.9 Å². The van der Waals surface area contributed by atoms with Crippen LogP contribution in [-0.2, 0) is 0 Å². The molecule has 0 aromatic rings. The molecule has 0 aliphatic rings. The smallest absolute Gasteiger partial charge is 0.00970 e. The van der Waals surface area contributed by atoms with Crippen molar-refractivity contribution < 1.29 is 0 Å². The van der Waals surface area contributed by atoms with E-state index in [9.17, 15) is 0 Å². The minimum atomic E-state index is 0.0262. The molecule has 0 aliphatic heterocycles. The van der Waals surface area contributed by atoms with Crippen LogP contribution in [-0.4, -0.2) is 5.54 Å². The van der Waals surface area contributed by atoms with Gasteiger partial charge in [0.1, 0.15) is 0 Å². The molecule has 0 heterocycles. The maximum Gasteiger partial charge on any atom is 0.00970 e. The van der Waals surface area contributed by atoms with E-state index in [1.807, 2.05) is 0 Å². The molecule has 0 rings (SSSR count). The Morgan fingerprint density at radius 2 is 1.28 bits per heavy atom. The van der Waals surface area contributed by atoms with Gasteiger partial charge in [0.15, 0.2) is 0 Å². The second kappa shape index (κ2) is 11.8. The van der Waals surface area contributed by atoms with Gasteiger partial charge >= 0.3 is 0 Å². The highest BCUT2D eigenvalue weighted by Gasteiger charge is 2.08. The fourth-order valence-corrected chi connectivity index (χ4v) is 2.12. The zero-order valence-corrected chi connectivity index (χ0v) is 13.0. The predicted molar refractivity (Wildman–Crippen MR) is 83.9 cm³/mol. The molecule has 0 spiro atoms. The number of unbranched alkanes of at least 4 members (excludes halogenated alkanes) is 8. The Morgan fingerprint density at radius 3 is 1.78 bits per heavy atom. The summed E-state index contributed by atoms with van der Waals surface area (Å²) in [5.41, 5.74) is 5.98. The van der Waals surface area contributed by atoms with Gasteiger partial charge in [0.25, 0.3) is 0 Å². The van der Waals surface area contributed by atoms with Crippen LogP contribution in [0.4, 0.5) is 0 Å². The van der Waals surface area contributed by atoms with Crippen LogP contribution >= 0.6 is 0 Å². The third kappa shape index (κ3) is 15.7. The Morgan fingerprint density at radius 1 is 0.778 bits per heavy atom. The summed E-state index contributed by atoms with van der Waals surface area (Å²) in [6.07, 6.45) is 19.3. The van der Waals surface area contributed by atoms with Crippen molar-refractivity contribution in [2.75, 3.05) is 0 Å². The van der Waals surface area contributed by atoms with Crippen molar-refractivity contribution in [1.82, 2.24) is 0 Å². The highest BCUT2D eigenvalue weighted by Crippen LogP contribution is 2.12. The van der Waals surface area contributed by atoms with Crippen LogP contribution in [0, 0.1) is 0 Å². The van der Waals surface area contributed by atoms with Crippen molar-refractivity contribution in [2.24, 2.45) is 5.73 Å². The van der Waals surface area contributed by atoms with E-state index in [-0.39, 0.29) is 5.54 Å². The average Bonchev–Trinajstić information content (AvgIpc) is 2.29. The molecule has 0 saturated carbocycles. The van der Waals surface area contributed by atoms with E-state index in [0.29, 0.717) is 0 Å². The van der Waals surface area contributed by atoms with E-state index in [1.165, 1.54) is 64.2 Å². The van der Waals surface area contributed by atoms with Gasteiger partial charge in [-0.3, -0.25) is 0 Å². The monoisotopic (exact) mass is 253 g/mol. The second-order valence-corrected chi connectivity index (χ2v) is 6.26. The molecular weight excluding hydrogens is 218 g/mol. The van der Waals surface area contributed by atoms with E-state index in [1.54, 1.807) is 0 Å². The van der Waals surface area contributed by atoms with Gasteiger partial charge in [-0.25, -0.2) is 0 Å². The lowest BCUT2D eigenvalue weighted by Gasteiger charge is -2.17. The zero-order valence-electron chi connectivity index (χ0n) is 13.0.